The Bertz CT molecular complexity index is 586. The summed E-state index contributed by atoms with van der Waals surface area (Å²) in [6.07, 6.45) is 1.41. The molecule has 4 nitrogen and oxygen atoms in total. The van der Waals surface area contributed by atoms with Crippen LogP contribution in [0.1, 0.15) is 5.69 Å². The second-order valence-corrected chi connectivity index (χ2v) is 3.88. The van der Waals surface area contributed by atoms with Crippen LogP contribution in [-0.4, -0.2) is 10.8 Å². The molecular weight excluding hydrogens is 257 g/mol. The van der Waals surface area contributed by atoms with E-state index in [1.54, 1.807) is 18.2 Å². The summed E-state index contributed by atoms with van der Waals surface area (Å²) >= 11 is 5.56. The Kier molecular flexibility index (Phi) is 3.43. The number of aromatic nitrogens is 1. The molecule has 0 spiro atoms. The Balaban J connectivity index is 2.18. The van der Waals surface area contributed by atoms with Crippen LogP contribution in [0.3, 0.4) is 0 Å². The maximum atomic E-state index is 13.2. The van der Waals surface area contributed by atoms with E-state index in [9.17, 15) is 4.39 Å². The van der Waals surface area contributed by atoms with E-state index in [2.05, 4.69) is 4.98 Å². The molecule has 2 aromatic rings. The van der Waals surface area contributed by atoms with Gasteiger partial charge in [-0.05, 0) is 24.3 Å². The summed E-state index contributed by atoms with van der Waals surface area (Å²) in [5.41, 5.74) is 5.62. The van der Waals surface area contributed by atoms with Crippen LogP contribution in [0.2, 0.25) is 5.02 Å². The molecule has 1 aromatic carbocycles. The number of amidine groups is 1. The number of hydrogen-bond donors (Lipinski definition) is 2. The molecule has 1 heterocycles. The van der Waals surface area contributed by atoms with Crippen molar-refractivity contribution in [3.63, 3.8) is 0 Å². The lowest BCUT2D eigenvalue weighted by Crippen LogP contribution is -2.12. The minimum atomic E-state index is -0.553. The quantitative estimate of drug-likeness (QED) is 0.662. The van der Waals surface area contributed by atoms with Gasteiger partial charge in [0.1, 0.15) is 28.8 Å². The molecule has 3 N–H and O–H groups in total. The predicted octanol–water partition coefficient (Wildman–Crippen LogP) is 2.95. The van der Waals surface area contributed by atoms with Gasteiger partial charge in [-0.1, -0.05) is 11.6 Å². The lowest BCUT2D eigenvalue weighted by molar-refractivity contribution is 0.474. The molecule has 0 aliphatic carbocycles. The summed E-state index contributed by atoms with van der Waals surface area (Å²) in [4.78, 5) is 3.92. The number of pyridine rings is 1. The molecule has 0 aliphatic rings. The summed E-state index contributed by atoms with van der Waals surface area (Å²) in [5.74, 6) is 0.0533. The van der Waals surface area contributed by atoms with Crippen molar-refractivity contribution in [2.45, 2.75) is 0 Å². The molecule has 92 valence electrons. The van der Waals surface area contributed by atoms with Crippen molar-refractivity contribution in [2.75, 3.05) is 0 Å². The van der Waals surface area contributed by atoms with Crippen LogP contribution in [0.15, 0.2) is 36.5 Å². The topological polar surface area (TPSA) is 72.0 Å². The number of benzene rings is 1. The number of nitrogen functional groups attached to an aromatic ring is 1. The number of halogens is 2. The lowest BCUT2D eigenvalue weighted by Gasteiger charge is -2.06. The van der Waals surface area contributed by atoms with E-state index in [1.165, 1.54) is 18.3 Å². The Morgan fingerprint density at radius 2 is 2.00 bits per heavy atom. The van der Waals surface area contributed by atoms with E-state index in [4.69, 9.17) is 27.5 Å². The van der Waals surface area contributed by atoms with Gasteiger partial charge in [-0.2, -0.15) is 0 Å². The lowest BCUT2D eigenvalue weighted by atomic mass is 10.3. The predicted molar refractivity (Wildman–Crippen MR) is 66.7 cm³/mol. The average Bonchev–Trinajstić information content (AvgIpc) is 2.34. The van der Waals surface area contributed by atoms with Gasteiger partial charge in [0.25, 0.3) is 0 Å². The SMILES string of the molecule is N=C(N)c1ccc(Oc2ccc(Cl)c(F)c2)cn1. The van der Waals surface area contributed by atoms with Crippen molar-refractivity contribution in [1.29, 1.82) is 5.41 Å². The molecular formula is C12H9ClFN3O. The third kappa shape index (κ3) is 2.75. The zero-order valence-electron chi connectivity index (χ0n) is 9.15. The van der Waals surface area contributed by atoms with Crippen molar-refractivity contribution >= 4 is 17.4 Å². The fraction of sp³-hybridized carbons (Fsp3) is 0. The maximum absolute atomic E-state index is 13.2. The van der Waals surface area contributed by atoms with Gasteiger partial charge >= 0.3 is 0 Å². The third-order valence-electron chi connectivity index (χ3n) is 2.14. The molecule has 0 amide bonds. The number of rotatable bonds is 3. The minimum Gasteiger partial charge on any atom is -0.456 e. The first kappa shape index (κ1) is 12.3. The summed E-state index contributed by atoms with van der Waals surface area (Å²) in [6.45, 7) is 0. The van der Waals surface area contributed by atoms with Crippen LogP contribution in [0.25, 0.3) is 0 Å². The van der Waals surface area contributed by atoms with Crippen molar-refractivity contribution in [2.24, 2.45) is 5.73 Å². The van der Waals surface area contributed by atoms with Crippen LogP contribution in [-0.2, 0) is 0 Å². The van der Waals surface area contributed by atoms with Crippen LogP contribution < -0.4 is 10.5 Å². The molecule has 2 rings (SSSR count). The second-order valence-electron chi connectivity index (χ2n) is 3.47. The largest absolute Gasteiger partial charge is 0.456 e. The molecule has 0 fully saturated rings. The maximum Gasteiger partial charge on any atom is 0.145 e. The van der Waals surface area contributed by atoms with Crippen molar-refractivity contribution < 1.29 is 9.13 Å². The number of nitrogens with one attached hydrogen (secondary N) is 1. The highest BCUT2D eigenvalue weighted by molar-refractivity contribution is 6.30. The van der Waals surface area contributed by atoms with Crippen LogP contribution in [0.4, 0.5) is 4.39 Å². The first-order valence-electron chi connectivity index (χ1n) is 4.99. The fourth-order valence-corrected chi connectivity index (χ4v) is 1.39. The first-order chi connectivity index (χ1) is 8.56. The summed E-state index contributed by atoms with van der Waals surface area (Å²) < 4.78 is 18.6. The van der Waals surface area contributed by atoms with E-state index >= 15 is 0 Å². The van der Waals surface area contributed by atoms with E-state index in [0.717, 1.165) is 0 Å². The highest BCUT2D eigenvalue weighted by Crippen LogP contribution is 2.24. The Labute approximate surface area is 108 Å². The summed E-state index contributed by atoms with van der Waals surface area (Å²) in [7, 11) is 0. The molecule has 0 bridgehead atoms. The number of nitrogens with zero attached hydrogens (tertiary/aromatic N) is 1. The van der Waals surface area contributed by atoms with E-state index in [1.807, 2.05) is 0 Å². The van der Waals surface area contributed by atoms with Gasteiger partial charge in [0.2, 0.25) is 0 Å². The normalized spacial score (nSPS) is 10.1. The fourth-order valence-electron chi connectivity index (χ4n) is 1.28. The molecule has 18 heavy (non-hydrogen) atoms. The van der Waals surface area contributed by atoms with Gasteiger partial charge in [0.05, 0.1) is 11.2 Å². The van der Waals surface area contributed by atoms with Crippen LogP contribution in [0.5, 0.6) is 11.5 Å². The van der Waals surface area contributed by atoms with Gasteiger partial charge in [0, 0.05) is 6.07 Å². The summed E-state index contributed by atoms with van der Waals surface area (Å²) in [5, 5.41) is 7.22. The van der Waals surface area contributed by atoms with Crippen LogP contribution >= 0.6 is 11.6 Å². The van der Waals surface area contributed by atoms with Gasteiger partial charge in [-0.15, -0.1) is 0 Å². The van der Waals surface area contributed by atoms with Gasteiger partial charge in [-0.25, -0.2) is 9.37 Å². The molecule has 0 saturated heterocycles. The monoisotopic (exact) mass is 265 g/mol. The Morgan fingerprint density at radius 1 is 1.28 bits per heavy atom. The molecule has 0 unspecified atom stereocenters. The number of ether oxygens (including phenoxy) is 1. The molecule has 0 radical (unpaired) electrons. The zero-order valence-corrected chi connectivity index (χ0v) is 9.91. The highest BCUT2D eigenvalue weighted by Gasteiger charge is 2.04. The second kappa shape index (κ2) is 5.01. The molecule has 0 saturated carbocycles. The van der Waals surface area contributed by atoms with Gasteiger partial charge < -0.3 is 10.5 Å². The minimum absolute atomic E-state index is 0.0346. The molecule has 1 aromatic heterocycles. The van der Waals surface area contributed by atoms with Gasteiger partial charge in [0.15, 0.2) is 0 Å². The molecule has 0 atom stereocenters. The summed E-state index contributed by atoms with van der Waals surface area (Å²) in [6, 6.07) is 7.27. The Hall–Kier alpha value is -2.14. The first-order valence-corrected chi connectivity index (χ1v) is 5.37. The van der Waals surface area contributed by atoms with E-state index in [0.29, 0.717) is 17.2 Å². The highest BCUT2D eigenvalue weighted by atomic mass is 35.5. The number of nitrogens with two attached hydrogens (primary N) is 1. The van der Waals surface area contributed by atoms with E-state index < -0.39 is 5.82 Å². The molecule has 0 aliphatic heterocycles. The smallest absolute Gasteiger partial charge is 0.145 e. The standard InChI is InChI=1S/C12H9ClFN3O/c13-9-3-1-7(5-10(9)14)18-8-2-4-11(12(15)16)17-6-8/h1-6H,(H3,15,16). The van der Waals surface area contributed by atoms with E-state index in [-0.39, 0.29) is 10.9 Å². The molecule has 6 heteroatoms. The number of hydrogen-bond acceptors (Lipinski definition) is 3. The zero-order chi connectivity index (χ0) is 13.1. The van der Waals surface area contributed by atoms with Gasteiger partial charge in [-0.3, -0.25) is 5.41 Å². The Morgan fingerprint density at radius 3 is 2.56 bits per heavy atom. The van der Waals surface area contributed by atoms with Crippen molar-refractivity contribution in [1.82, 2.24) is 4.98 Å². The third-order valence-corrected chi connectivity index (χ3v) is 2.45. The average molecular weight is 266 g/mol. The van der Waals surface area contributed by atoms with Crippen LogP contribution in [0, 0.1) is 11.2 Å². The van der Waals surface area contributed by atoms with Crippen molar-refractivity contribution in [3.05, 3.63) is 53.1 Å². The van der Waals surface area contributed by atoms with Crippen molar-refractivity contribution in [3.8, 4) is 11.5 Å².